The topological polar surface area (TPSA) is 49.4 Å². The Bertz CT molecular complexity index is 551. The van der Waals surface area contributed by atoms with E-state index >= 15 is 0 Å². The molecule has 2 rings (SSSR count). The van der Waals surface area contributed by atoms with Gasteiger partial charge in [0.15, 0.2) is 0 Å². The largest absolute Gasteiger partial charge is 0.310 e. The van der Waals surface area contributed by atoms with Crippen LogP contribution in [0.15, 0.2) is 15.7 Å². The van der Waals surface area contributed by atoms with Crippen LogP contribution >= 0.6 is 11.3 Å². The molecule has 2 unspecified atom stereocenters. The molecule has 4 nitrogen and oxygen atoms in total. The molecular weight excluding hydrogens is 292 g/mol. The van der Waals surface area contributed by atoms with Crippen molar-refractivity contribution in [3.63, 3.8) is 0 Å². The van der Waals surface area contributed by atoms with E-state index in [1.165, 1.54) is 11.3 Å². The quantitative estimate of drug-likeness (QED) is 0.908. The van der Waals surface area contributed by atoms with Crippen molar-refractivity contribution in [2.75, 3.05) is 6.54 Å². The molecule has 0 aromatic carbocycles. The predicted molar refractivity (Wildman–Crippen MR) is 83.4 cm³/mol. The van der Waals surface area contributed by atoms with Gasteiger partial charge in [0.2, 0.25) is 0 Å². The first-order chi connectivity index (χ1) is 9.30. The highest BCUT2D eigenvalue weighted by Crippen LogP contribution is 2.31. The van der Waals surface area contributed by atoms with Crippen LogP contribution in [0.3, 0.4) is 0 Å². The van der Waals surface area contributed by atoms with Crippen LogP contribution in [0.2, 0.25) is 0 Å². The van der Waals surface area contributed by atoms with Crippen molar-refractivity contribution >= 4 is 21.4 Å². The van der Waals surface area contributed by atoms with Crippen LogP contribution in [-0.2, 0) is 16.6 Å². The monoisotopic (exact) mass is 316 g/mol. The summed E-state index contributed by atoms with van der Waals surface area (Å²) < 4.78 is 27.4. The van der Waals surface area contributed by atoms with Crippen LogP contribution in [0.25, 0.3) is 0 Å². The lowest BCUT2D eigenvalue weighted by atomic mass is 10.1. The summed E-state index contributed by atoms with van der Waals surface area (Å²) in [6.07, 6.45) is 0.951. The normalized spacial score (nSPS) is 24.6. The van der Waals surface area contributed by atoms with Gasteiger partial charge in [-0.3, -0.25) is 0 Å². The van der Waals surface area contributed by atoms with Gasteiger partial charge in [-0.05, 0) is 36.3 Å². The van der Waals surface area contributed by atoms with E-state index in [1.807, 2.05) is 18.4 Å². The second-order valence-corrected chi connectivity index (χ2v) is 9.10. The predicted octanol–water partition coefficient (Wildman–Crippen LogP) is 2.67. The fourth-order valence-corrected chi connectivity index (χ4v) is 5.71. The zero-order chi connectivity index (χ0) is 14.9. The van der Waals surface area contributed by atoms with Crippen molar-refractivity contribution in [3.05, 3.63) is 17.0 Å². The lowest BCUT2D eigenvalue weighted by molar-refractivity contribution is 0.407. The van der Waals surface area contributed by atoms with E-state index in [0.29, 0.717) is 22.7 Å². The third kappa shape index (κ3) is 3.42. The third-order valence-corrected chi connectivity index (χ3v) is 7.08. The van der Waals surface area contributed by atoms with Gasteiger partial charge in [0.25, 0.3) is 10.0 Å². The Balaban J connectivity index is 2.14. The van der Waals surface area contributed by atoms with Crippen LogP contribution < -0.4 is 5.32 Å². The third-order valence-electron chi connectivity index (χ3n) is 3.63. The Morgan fingerprint density at radius 1 is 1.45 bits per heavy atom. The fraction of sp³-hybridized carbons (Fsp3) is 0.714. The molecule has 1 aromatic rings. The number of nitrogens with one attached hydrogen (secondary N) is 1. The Labute approximate surface area is 126 Å². The van der Waals surface area contributed by atoms with Crippen LogP contribution in [-0.4, -0.2) is 31.4 Å². The van der Waals surface area contributed by atoms with Gasteiger partial charge in [0.05, 0.1) is 0 Å². The highest BCUT2D eigenvalue weighted by Gasteiger charge is 2.36. The van der Waals surface area contributed by atoms with Crippen molar-refractivity contribution in [2.24, 2.45) is 5.92 Å². The van der Waals surface area contributed by atoms with E-state index in [9.17, 15) is 8.42 Å². The van der Waals surface area contributed by atoms with Crippen molar-refractivity contribution in [1.82, 2.24) is 9.62 Å². The second-order valence-electron chi connectivity index (χ2n) is 6.07. The average molecular weight is 316 g/mol. The highest BCUT2D eigenvalue weighted by atomic mass is 32.2. The molecular formula is C14H24N2O2S2. The Kier molecular flexibility index (Phi) is 4.89. The van der Waals surface area contributed by atoms with Gasteiger partial charge in [-0.1, -0.05) is 20.8 Å². The van der Waals surface area contributed by atoms with E-state index in [-0.39, 0.29) is 6.04 Å². The number of thiophene rings is 1. The maximum Gasteiger partial charge on any atom is 0.252 e. The minimum absolute atomic E-state index is 0.106. The second kappa shape index (κ2) is 6.13. The highest BCUT2D eigenvalue weighted by molar-refractivity contribution is 7.91. The molecule has 2 atom stereocenters. The van der Waals surface area contributed by atoms with Gasteiger partial charge in [0, 0.05) is 25.2 Å². The number of nitrogens with zero attached hydrogens (tertiary/aromatic N) is 1. The summed E-state index contributed by atoms with van der Waals surface area (Å²) in [5.41, 5.74) is 1.04. The van der Waals surface area contributed by atoms with Crippen LogP contribution in [0, 0.1) is 5.92 Å². The van der Waals surface area contributed by atoms with Crippen molar-refractivity contribution < 1.29 is 8.42 Å². The summed E-state index contributed by atoms with van der Waals surface area (Å²) in [5.74, 6) is 0.446. The first kappa shape index (κ1) is 15.9. The maximum absolute atomic E-state index is 12.7. The van der Waals surface area contributed by atoms with Gasteiger partial charge in [-0.25, -0.2) is 8.42 Å². The molecule has 114 valence electrons. The summed E-state index contributed by atoms with van der Waals surface area (Å²) in [6.45, 7) is 9.62. The molecule has 1 N–H and O–H groups in total. The van der Waals surface area contributed by atoms with Crippen molar-refractivity contribution in [1.29, 1.82) is 0 Å². The van der Waals surface area contributed by atoms with Gasteiger partial charge in [0.1, 0.15) is 4.21 Å². The van der Waals surface area contributed by atoms with Crippen LogP contribution in [0.4, 0.5) is 0 Å². The van der Waals surface area contributed by atoms with Crippen molar-refractivity contribution in [3.8, 4) is 0 Å². The lowest BCUT2D eigenvalue weighted by Crippen LogP contribution is -2.33. The zero-order valence-corrected chi connectivity index (χ0v) is 14.2. The summed E-state index contributed by atoms with van der Waals surface area (Å²) in [6, 6.07) is 2.31. The fourth-order valence-electron chi connectivity index (χ4n) is 2.62. The lowest BCUT2D eigenvalue weighted by Gasteiger charge is -2.19. The molecule has 0 amide bonds. The first-order valence-corrected chi connectivity index (χ1v) is 9.45. The molecule has 1 fully saturated rings. The van der Waals surface area contributed by atoms with E-state index < -0.39 is 10.0 Å². The molecule has 1 aromatic heterocycles. The molecule has 0 bridgehead atoms. The number of sulfonamides is 1. The molecule has 1 saturated heterocycles. The van der Waals surface area contributed by atoms with E-state index in [2.05, 4.69) is 26.1 Å². The molecule has 0 aliphatic carbocycles. The summed E-state index contributed by atoms with van der Waals surface area (Å²) >= 11 is 1.33. The van der Waals surface area contributed by atoms with Crippen LogP contribution in [0.1, 0.15) is 39.7 Å². The van der Waals surface area contributed by atoms with E-state index in [1.54, 1.807) is 4.31 Å². The van der Waals surface area contributed by atoms with Gasteiger partial charge >= 0.3 is 0 Å². The van der Waals surface area contributed by atoms with Gasteiger partial charge in [-0.2, -0.15) is 4.31 Å². The Morgan fingerprint density at radius 2 is 2.15 bits per heavy atom. The Morgan fingerprint density at radius 3 is 2.70 bits per heavy atom. The maximum atomic E-state index is 12.7. The summed E-state index contributed by atoms with van der Waals surface area (Å²) in [7, 11) is -3.31. The minimum atomic E-state index is -3.31. The Hall–Kier alpha value is -0.430. The summed E-state index contributed by atoms with van der Waals surface area (Å²) in [5, 5.41) is 5.25. The first-order valence-electron chi connectivity index (χ1n) is 7.13. The van der Waals surface area contributed by atoms with Crippen molar-refractivity contribution in [2.45, 2.75) is 57.0 Å². The van der Waals surface area contributed by atoms with Gasteiger partial charge in [-0.15, -0.1) is 11.3 Å². The number of hydrogen-bond acceptors (Lipinski definition) is 4. The smallest absolute Gasteiger partial charge is 0.252 e. The molecule has 1 aliphatic heterocycles. The zero-order valence-electron chi connectivity index (χ0n) is 12.6. The molecule has 20 heavy (non-hydrogen) atoms. The molecule has 2 heterocycles. The molecule has 0 spiro atoms. The van der Waals surface area contributed by atoms with Gasteiger partial charge < -0.3 is 5.32 Å². The molecule has 0 saturated carbocycles. The van der Waals surface area contributed by atoms with E-state index in [0.717, 1.165) is 18.5 Å². The number of hydrogen-bond donors (Lipinski definition) is 1. The summed E-state index contributed by atoms with van der Waals surface area (Å²) in [4.78, 5) is 0. The SMILES string of the molecule is CC1CC(C)N(S(=O)(=O)c2cc(CNC(C)C)cs2)C1. The standard InChI is InChI=1S/C14H24N2O2S2/c1-10(2)15-7-13-6-14(19-9-13)20(17,18)16-8-11(3)5-12(16)4/h6,9-12,15H,5,7-8H2,1-4H3. The minimum Gasteiger partial charge on any atom is -0.310 e. The van der Waals surface area contributed by atoms with E-state index in [4.69, 9.17) is 0 Å². The molecule has 0 radical (unpaired) electrons. The average Bonchev–Trinajstić information content (AvgIpc) is 2.93. The number of rotatable bonds is 5. The molecule has 6 heteroatoms. The molecule has 1 aliphatic rings. The van der Waals surface area contributed by atoms with Crippen LogP contribution in [0.5, 0.6) is 0 Å².